The molecular formula is C13H15N3O2. The molecule has 0 fully saturated rings. The van der Waals surface area contributed by atoms with Gasteiger partial charge in [-0.2, -0.15) is 0 Å². The summed E-state index contributed by atoms with van der Waals surface area (Å²) in [5.74, 6) is 0.383. The fraction of sp³-hybridized carbons (Fsp3) is 0.308. The van der Waals surface area contributed by atoms with E-state index in [1.165, 1.54) is 0 Å². The molecule has 0 bridgehead atoms. The molecule has 2 heterocycles. The third kappa shape index (κ3) is 1.44. The van der Waals surface area contributed by atoms with Crippen LogP contribution in [0.25, 0.3) is 10.9 Å². The summed E-state index contributed by atoms with van der Waals surface area (Å²) in [6.45, 7) is 2.51. The van der Waals surface area contributed by atoms with Crippen molar-refractivity contribution in [2.75, 3.05) is 17.7 Å². The first kappa shape index (κ1) is 11.0. The number of ether oxygens (including phenoxy) is 1. The number of hydrogen-bond donors (Lipinski definition) is 2. The van der Waals surface area contributed by atoms with Crippen LogP contribution < -0.4 is 21.3 Å². The predicted molar refractivity (Wildman–Crippen MR) is 72.2 cm³/mol. The van der Waals surface area contributed by atoms with Crippen molar-refractivity contribution in [3.05, 3.63) is 28.6 Å². The van der Waals surface area contributed by atoms with Crippen LogP contribution in [0.5, 0.6) is 5.75 Å². The van der Waals surface area contributed by atoms with Gasteiger partial charge in [0.15, 0.2) is 0 Å². The van der Waals surface area contributed by atoms with Crippen LogP contribution in [0, 0.1) is 0 Å². The number of hydrogen-bond acceptors (Lipinski definition) is 4. The number of aromatic nitrogens is 1. The molecule has 2 aromatic rings. The van der Waals surface area contributed by atoms with Gasteiger partial charge in [0.2, 0.25) is 5.75 Å². The Morgan fingerprint density at radius 2 is 2.28 bits per heavy atom. The van der Waals surface area contributed by atoms with Gasteiger partial charge in [0.25, 0.3) is 5.56 Å². The van der Waals surface area contributed by atoms with Crippen molar-refractivity contribution in [1.82, 2.24) is 4.57 Å². The van der Waals surface area contributed by atoms with Crippen LogP contribution in [0.3, 0.4) is 0 Å². The minimum Gasteiger partial charge on any atom is -0.484 e. The Morgan fingerprint density at radius 1 is 1.50 bits per heavy atom. The lowest BCUT2D eigenvalue weighted by Gasteiger charge is -2.26. The topological polar surface area (TPSA) is 69.3 Å². The fourth-order valence-corrected chi connectivity index (χ4v) is 2.31. The molecule has 1 aliphatic rings. The predicted octanol–water partition coefficient (Wildman–Crippen LogP) is 1.31. The lowest BCUT2D eigenvalue weighted by Crippen LogP contribution is -2.33. The van der Waals surface area contributed by atoms with Crippen LogP contribution in [-0.2, 0) is 7.05 Å². The van der Waals surface area contributed by atoms with E-state index < -0.39 is 0 Å². The fourth-order valence-electron chi connectivity index (χ4n) is 2.31. The molecule has 5 heteroatoms. The molecular weight excluding hydrogens is 230 g/mol. The summed E-state index contributed by atoms with van der Waals surface area (Å²) in [5, 5.41) is 4.22. The highest BCUT2D eigenvalue weighted by atomic mass is 16.5. The van der Waals surface area contributed by atoms with E-state index in [-0.39, 0.29) is 11.6 Å². The highest BCUT2D eigenvalue weighted by Crippen LogP contribution is 2.33. The zero-order valence-electron chi connectivity index (χ0n) is 10.4. The minimum absolute atomic E-state index is 0.123. The number of rotatable bonds is 0. The van der Waals surface area contributed by atoms with Crippen LogP contribution in [-0.4, -0.2) is 17.2 Å². The van der Waals surface area contributed by atoms with Crippen LogP contribution >= 0.6 is 0 Å². The zero-order chi connectivity index (χ0) is 12.9. The van der Waals surface area contributed by atoms with E-state index in [4.69, 9.17) is 10.5 Å². The third-order valence-corrected chi connectivity index (χ3v) is 3.25. The monoisotopic (exact) mass is 245 g/mol. The highest BCUT2D eigenvalue weighted by Gasteiger charge is 2.22. The second-order valence-electron chi connectivity index (χ2n) is 4.70. The van der Waals surface area contributed by atoms with E-state index >= 15 is 0 Å². The van der Waals surface area contributed by atoms with Gasteiger partial charge in [-0.15, -0.1) is 0 Å². The third-order valence-electron chi connectivity index (χ3n) is 3.25. The molecule has 0 radical (unpaired) electrons. The molecule has 1 atom stereocenters. The maximum absolute atomic E-state index is 12.2. The minimum atomic E-state index is -0.123. The Kier molecular flexibility index (Phi) is 2.23. The van der Waals surface area contributed by atoms with E-state index in [2.05, 4.69) is 5.32 Å². The Balaban J connectivity index is 2.44. The second-order valence-corrected chi connectivity index (χ2v) is 4.70. The van der Waals surface area contributed by atoms with Gasteiger partial charge >= 0.3 is 0 Å². The van der Waals surface area contributed by atoms with E-state index in [1.54, 1.807) is 17.7 Å². The van der Waals surface area contributed by atoms with Crippen molar-refractivity contribution in [3.63, 3.8) is 0 Å². The Hall–Kier alpha value is -2.17. The number of anilines is 2. The van der Waals surface area contributed by atoms with Crippen molar-refractivity contribution >= 4 is 22.3 Å². The number of pyridine rings is 1. The molecule has 0 amide bonds. The summed E-state index contributed by atoms with van der Waals surface area (Å²) < 4.78 is 7.15. The van der Waals surface area contributed by atoms with Gasteiger partial charge in [-0.05, 0) is 25.1 Å². The first-order valence-corrected chi connectivity index (χ1v) is 5.89. The molecule has 3 rings (SSSR count). The lowest BCUT2D eigenvalue weighted by molar-refractivity contribution is 0.287. The van der Waals surface area contributed by atoms with Crippen molar-refractivity contribution < 1.29 is 4.74 Å². The van der Waals surface area contributed by atoms with Gasteiger partial charge in [-0.25, -0.2) is 0 Å². The number of nitrogens with two attached hydrogens (primary N) is 1. The molecule has 0 aliphatic carbocycles. The maximum atomic E-state index is 12.2. The Labute approximate surface area is 104 Å². The molecule has 1 aliphatic heterocycles. The first-order valence-electron chi connectivity index (χ1n) is 5.89. The molecule has 3 N–H and O–H groups in total. The molecule has 1 aromatic heterocycles. The number of benzene rings is 1. The van der Waals surface area contributed by atoms with Crippen LogP contribution in [0.15, 0.2) is 23.0 Å². The molecule has 0 saturated carbocycles. The Bertz CT molecular complexity index is 691. The Morgan fingerprint density at radius 3 is 3.06 bits per heavy atom. The highest BCUT2D eigenvalue weighted by molar-refractivity contribution is 5.96. The SMILES string of the molecule is CC1COc2c(c3cc(N)ccc3n(C)c2=O)N1. The first-order chi connectivity index (χ1) is 8.58. The molecule has 18 heavy (non-hydrogen) atoms. The lowest BCUT2D eigenvalue weighted by atomic mass is 10.1. The van der Waals surface area contributed by atoms with Gasteiger partial charge in [0.1, 0.15) is 6.61 Å². The summed E-state index contributed by atoms with van der Waals surface area (Å²) in [7, 11) is 1.74. The normalized spacial score (nSPS) is 18.0. The summed E-state index contributed by atoms with van der Waals surface area (Å²) in [5.41, 5.74) is 7.96. The van der Waals surface area contributed by atoms with Gasteiger partial charge in [-0.1, -0.05) is 0 Å². The van der Waals surface area contributed by atoms with Crippen molar-refractivity contribution in [2.45, 2.75) is 13.0 Å². The van der Waals surface area contributed by atoms with Crippen LogP contribution in [0.1, 0.15) is 6.92 Å². The maximum Gasteiger partial charge on any atom is 0.295 e. The molecule has 1 unspecified atom stereocenters. The molecule has 0 saturated heterocycles. The van der Waals surface area contributed by atoms with Crippen LogP contribution in [0.4, 0.5) is 11.4 Å². The quantitative estimate of drug-likeness (QED) is 0.687. The largest absolute Gasteiger partial charge is 0.484 e. The molecule has 0 spiro atoms. The number of aryl methyl sites for hydroxylation is 1. The summed E-state index contributed by atoms with van der Waals surface area (Å²) in [6, 6.07) is 5.69. The average Bonchev–Trinajstić information content (AvgIpc) is 2.36. The van der Waals surface area contributed by atoms with Crippen molar-refractivity contribution in [3.8, 4) is 5.75 Å². The van der Waals surface area contributed by atoms with E-state index in [0.717, 1.165) is 16.6 Å². The average molecular weight is 245 g/mol. The van der Waals surface area contributed by atoms with Gasteiger partial charge in [0.05, 0.1) is 17.2 Å². The van der Waals surface area contributed by atoms with E-state index in [0.29, 0.717) is 18.0 Å². The van der Waals surface area contributed by atoms with Crippen molar-refractivity contribution in [1.29, 1.82) is 0 Å². The number of nitrogens with one attached hydrogen (secondary N) is 1. The number of nitrogens with zero attached hydrogens (tertiary/aromatic N) is 1. The van der Waals surface area contributed by atoms with Crippen LogP contribution in [0.2, 0.25) is 0 Å². The van der Waals surface area contributed by atoms with Crippen molar-refractivity contribution in [2.24, 2.45) is 7.05 Å². The summed E-state index contributed by atoms with van der Waals surface area (Å²) in [4.78, 5) is 12.2. The smallest absolute Gasteiger partial charge is 0.295 e. The summed E-state index contributed by atoms with van der Waals surface area (Å²) >= 11 is 0. The molecule has 5 nitrogen and oxygen atoms in total. The summed E-state index contributed by atoms with van der Waals surface area (Å²) in [6.07, 6.45) is 0. The molecule has 1 aromatic carbocycles. The second kappa shape index (κ2) is 3.66. The van der Waals surface area contributed by atoms with Gasteiger partial charge < -0.3 is 20.4 Å². The van der Waals surface area contributed by atoms with Gasteiger partial charge in [-0.3, -0.25) is 4.79 Å². The number of nitrogen functional groups attached to an aromatic ring is 1. The number of fused-ring (bicyclic) bond motifs is 3. The van der Waals surface area contributed by atoms with E-state index in [9.17, 15) is 4.79 Å². The van der Waals surface area contributed by atoms with Gasteiger partial charge in [0, 0.05) is 18.1 Å². The standard InChI is InChI=1S/C13H15N3O2/c1-7-6-18-12-11(15-7)9-5-8(14)3-4-10(9)16(2)13(12)17/h3-5,7,15H,6,14H2,1-2H3. The molecule has 94 valence electrons. The van der Waals surface area contributed by atoms with E-state index in [1.807, 2.05) is 19.1 Å². The zero-order valence-corrected chi connectivity index (χ0v) is 10.4.